The Morgan fingerprint density at radius 1 is 1.43 bits per heavy atom. The summed E-state index contributed by atoms with van der Waals surface area (Å²) >= 11 is 0. The van der Waals surface area contributed by atoms with Crippen LogP contribution in [0.5, 0.6) is 0 Å². The summed E-state index contributed by atoms with van der Waals surface area (Å²) in [5, 5.41) is 0. The molecule has 0 aliphatic carbocycles. The standard InChI is InChI=1S/C8H9F3N2.ClH/c1-5(12)6-2-3-13-7(4-6)8(9,10)11;/h2-5H,12H2,1H3;1H. The molecule has 1 rings (SSSR count). The molecule has 2 nitrogen and oxygen atoms in total. The Kier molecular flexibility index (Phi) is 4.35. The lowest BCUT2D eigenvalue weighted by Crippen LogP contribution is -2.11. The fourth-order valence-corrected chi connectivity index (χ4v) is 0.885. The van der Waals surface area contributed by atoms with Crippen molar-refractivity contribution < 1.29 is 13.2 Å². The van der Waals surface area contributed by atoms with E-state index in [4.69, 9.17) is 5.73 Å². The Balaban J connectivity index is 0.00000169. The zero-order valence-corrected chi connectivity index (χ0v) is 8.19. The van der Waals surface area contributed by atoms with Crippen molar-refractivity contribution in [1.82, 2.24) is 4.98 Å². The highest BCUT2D eigenvalue weighted by Crippen LogP contribution is 2.28. The molecule has 0 fully saturated rings. The number of pyridine rings is 1. The Morgan fingerprint density at radius 2 is 2.00 bits per heavy atom. The summed E-state index contributed by atoms with van der Waals surface area (Å²) in [7, 11) is 0. The van der Waals surface area contributed by atoms with E-state index >= 15 is 0 Å². The number of hydrogen-bond acceptors (Lipinski definition) is 2. The second-order valence-electron chi connectivity index (χ2n) is 2.76. The van der Waals surface area contributed by atoms with Crippen LogP contribution in [0.1, 0.15) is 24.2 Å². The zero-order chi connectivity index (χ0) is 10.1. The summed E-state index contributed by atoms with van der Waals surface area (Å²) < 4.78 is 36.4. The molecular formula is C8H10ClF3N2. The molecular weight excluding hydrogens is 217 g/mol. The van der Waals surface area contributed by atoms with E-state index in [1.54, 1.807) is 6.92 Å². The molecule has 0 aliphatic heterocycles. The molecule has 80 valence electrons. The van der Waals surface area contributed by atoms with Gasteiger partial charge in [-0.3, -0.25) is 4.98 Å². The van der Waals surface area contributed by atoms with Gasteiger partial charge in [-0.25, -0.2) is 0 Å². The van der Waals surface area contributed by atoms with Gasteiger partial charge in [-0.15, -0.1) is 12.4 Å². The van der Waals surface area contributed by atoms with E-state index in [1.807, 2.05) is 0 Å². The number of halogens is 4. The van der Waals surface area contributed by atoms with E-state index in [2.05, 4.69) is 4.98 Å². The molecule has 0 saturated heterocycles. The van der Waals surface area contributed by atoms with E-state index in [0.29, 0.717) is 5.56 Å². The molecule has 1 aromatic rings. The molecule has 1 atom stereocenters. The number of alkyl halides is 3. The van der Waals surface area contributed by atoms with Gasteiger partial charge in [-0.2, -0.15) is 13.2 Å². The topological polar surface area (TPSA) is 38.9 Å². The van der Waals surface area contributed by atoms with Crippen molar-refractivity contribution in [3.63, 3.8) is 0 Å². The maximum atomic E-state index is 12.1. The van der Waals surface area contributed by atoms with Crippen LogP contribution in [0.4, 0.5) is 13.2 Å². The SMILES string of the molecule is CC(N)c1ccnc(C(F)(F)F)c1.Cl. The minimum absolute atomic E-state index is 0. The quantitative estimate of drug-likeness (QED) is 0.799. The van der Waals surface area contributed by atoms with Gasteiger partial charge < -0.3 is 5.73 Å². The molecule has 14 heavy (non-hydrogen) atoms. The van der Waals surface area contributed by atoms with E-state index in [0.717, 1.165) is 12.3 Å². The Morgan fingerprint density at radius 3 is 2.43 bits per heavy atom. The van der Waals surface area contributed by atoms with Crippen LogP contribution >= 0.6 is 12.4 Å². The summed E-state index contributed by atoms with van der Waals surface area (Å²) in [5.41, 5.74) is 4.96. The van der Waals surface area contributed by atoms with Gasteiger partial charge in [0.05, 0.1) is 0 Å². The summed E-state index contributed by atoms with van der Waals surface area (Å²) in [6, 6.07) is 2.02. The van der Waals surface area contributed by atoms with Gasteiger partial charge in [-0.05, 0) is 24.6 Å². The van der Waals surface area contributed by atoms with Crippen molar-refractivity contribution >= 4 is 12.4 Å². The van der Waals surface area contributed by atoms with Gasteiger partial charge in [0, 0.05) is 12.2 Å². The summed E-state index contributed by atoms with van der Waals surface area (Å²) in [6.07, 6.45) is -3.29. The van der Waals surface area contributed by atoms with Crippen LogP contribution in [-0.2, 0) is 6.18 Å². The van der Waals surface area contributed by atoms with Crippen molar-refractivity contribution in [3.05, 3.63) is 29.6 Å². The number of aromatic nitrogens is 1. The van der Waals surface area contributed by atoms with Gasteiger partial charge in [0.2, 0.25) is 0 Å². The Hall–Kier alpha value is -0.810. The van der Waals surface area contributed by atoms with Crippen LogP contribution in [0.25, 0.3) is 0 Å². The average Bonchev–Trinajstić information content (AvgIpc) is 2.03. The third kappa shape index (κ3) is 3.16. The van der Waals surface area contributed by atoms with Crippen LogP contribution < -0.4 is 5.73 Å². The number of rotatable bonds is 1. The monoisotopic (exact) mass is 226 g/mol. The average molecular weight is 227 g/mol. The Labute approximate surface area is 85.7 Å². The summed E-state index contributed by atoms with van der Waals surface area (Å²) in [6.45, 7) is 1.62. The molecule has 0 aliphatic rings. The molecule has 1 aromatic heterocycles. The highest BCUT2D eigenvalue weighted by atomic mass is 35.5. The molecule has 0 radical (unpaired) electrons. The third-order valence-corrected chi connectivity index (χ3v) is 1.60. The van der Waals surface area contributed by atoms with E-state index in [1.165, 1.54) is 6.07 Å². The molecule has 1 unspecified atom stereocenters. The third-order valence-electron chi connectivity index (χ3n) is 1.60. The lowest BCUT2D eigenvalue weighted by molar-refractivity contribution is -0.141. The summed E-state index contributed by atoms with van der Waals surface area (Å²) in [4.78, 5) is 3.21. The van der Waals surface area contributed by atoms with Crippen LogP contribution in [0.15, 0.2) is 18.3 Å². The van der Waals surface area contributed by atoms with Crippen LogP contribution in [-0.4, -0.2) is 4.98 Å². The molecule has 0 saturated carbocycles. The molecule has 1 heterocycles. The van der Waals surface area contributed by atoms with E-state index < -0.39 is 17.9 Å². The van der Waals surface area contributed by atoms with Gasteiger partial charge in [-0.1, -0.05) is 0 Å². The largest absolute Gasteiger partial charge is 0.433 e. The first kappa shape index (κ1) is 13.2. The first-order chi connectivity index (χ1) is 5.91. The second-order valence-corrected chi connectivity index (χ2v) is 2.76. The summed E-state index contributed by atoms with van der Waals surface area (Å²) in [5.74, 6) is 0. The predicted octanol–water partition coefficient (Wildman–Crippen LogP) is 2.54. The zero-order valence-electron chi connectivity index (χ0n) is 7.38. The van der Waals surface area contributed by atoms with Gasteiger partial charge in [0.25, 0.3) is 0 Å². The number of nitrogens with zero attached hydrogens (tertiary/aromatic N) is 1. The minimum atomic E-state index is -4.40. The lowest BCUT2D eigenvalue weighted by atomic mass is 10.1. The molecule has 2 N–H and O–H groups in total. The molecule has 0 aromatic carbocycles. The van der Waals surface area contributed by atoms with Crippen molar-refractivity contribution in [2.45, 2.75) is 19.1 Å². The number of hydrogen-bond donors (Lipinski definition) is 1. The fraction of sp³-hybridized carbons (Fsp3) is 0.375. The maximum Gasteiger partial charge on any atom is 0.433 e. The van der Waals surface area contributed by atoms with Gasteiger partial charge in [0.15, 0.2) is 0 Å². The van der Waals surface area contributed by atoms with Crippen LogP contribution in [0, 0.1) is 0 Å². The molecule has 0 bridgehead atoms. The molecule has 0 spiro atoms. The van der Waals surface area contributed by atoms with E-state index in [-0.39, 0.29) is 12.4 Å². The molecule has 6 heteroatoms. The highest BCUT2D eigenvalue weighted by molar-refractivity contribution is 5.85. The van der Waals surface area contributed by atoms with Crippen molar-refractivity contribution in [3.8, 4) is 0 Å². The van der Waals surface area contributed by atoms with Crippen molar-refractivity contribution in [2.24, 2.45) is 5.73 Å². The van der Waals surface area contributed by atoms with E-state index in [9.17, 15) is 13.2 Å². The number of nitrogens with two attached hydrogens (primary N) is 1. The normalized spacial score (nSPS) is 13.2. The van der Waals surface area contributed by atoms with Crippen LogP contribution in [0.3, 0.4) is 0 Å². The maximum absolute atomic E-state index is 12.1. The van der Waals surface area contributed by atoms with Crippen LogP contribution in [0.2, 0.25) is 0 Å². The van der Waals surface area contributed by atoms with Crippen molar-refractivity contribution in [1.29, 1.82) is 0 Å². The second kappa shape index (κ2) is 4.61. The van der Waals surface area contributed by atoms with Crippen molar-refractivity contribution in [2.75, 3.05) is 0 Å². The first-order valence-electron chi connectivity index (χ1n) is 3.70. The smallest absolute Gasteiger partial charge is 0.324 e. The highest BCUT2D eigenvalue weighted by Gasteiger charge is 2.32. The first-order valence-corrected chi connectivity index (χ1v) is 3.70. The minimum Gasteiger partial charge on any atom is -0.324 e. The molecule has 0 amide bonds. The predicted molar refractivity (Wildman–Crippen MR) is 49.1 cm³/mol. The van der Waals surface area contributed by atoms with Gasteiger partial charge in [0.1, 0.15) is 5.69 Å². The Bertz CT molecular complexity index is 299. The lowest BCUT2D eigenvalue weighted by Gasteiger charge is -2.09. The van der Waals surface area contributed by atoms with Gasteiger partial charge >= 0.3 is 6.18 Å². The fourth-order valence-electron chi connectivity index (χ4n) is 0.885.